The van der Waals surface area contributed by atoms with Crippen LogP contribution in [0.4, 0.5) is 5.13 Å². The molecule has 0 saturated carbocycles. The van der Waals surface area contributed by atoms with Gasteiger partial charge in [0.25, 0.3) is 0 Å². The van der Waals surface area contributed by atoms with Crippen LogP contribution in [0.5, 0.6) is 0 Å². The van der Waals surface area contributed by atoms with Gasteiger partial charge in [-0.25, -0.2) is 0 Å². The number of carbonyl (C=O) groups excluding carboxylic acids is 1. The first-order chi connectivity index (χ1) is 12.7. The molecule has 0 fully saturated rings. The van der Waals surface area contributed by atoms with Crippen molar-refractivity contribution in [1.82, 2.24) is 15.5 Å². The van der Waals surface area contributed by atoms with Crippen molar-refractivity contribution < 1.29 is 4.79 Å². The maximum Gasteiger partial charge on any atom is 0.230 e. The summed E-state index contributed by atoms with van der Waals surface area (Å²) in [6, 6.07) is 20.2. The molecule has 1 amide bonds. The summed E-state index contributed by atoms with van der Waals surface area (Å²) < 4.78 is 0.781. The zero-order valence-electron chi connectivity index (χ0n) is 14.4. The third-order valence-electron chi connectivity index (χ3n) is 3.77. The van der Waals surface area contributed by atoms with Crippen molar-refractivity contribution >= 4 is 34.1 Å². The summed E-state index contributed by atoms with van der Waals surface area (Å²) in [5.41, 5.74) is 2.29. The highest BCUT2D eigenvalue weighted by atomic mass is 32.2. The van der Waals surface area contributed by atoms with E-state index in [0.717, 1.165) is 21.5 Å². The number of rotatable bonds is 8. The molecule has 0 saturated heterocycles. The van der Waals surface area contributed by atoms with E-state index in [9.17, 15) is 4.79 Å². The van der Waals surface area contributed by atoms with Gasteiger partial charge in [-0.05, 0) is 17.5 Å². The minimum atomic E-state index is -0.0611. The van der Waals surface area contributed by atoms with Gasteiger partial charge >= 0.3 is 0 Å². The molecular weight excluding hydrogens is 364 g/mol. The first-order valence-electron chi connectivity index (χ1n) is 8.27. The number of anilines is 1. The summed E-state index contributed by atoms with van der Waals surface area (Å²) in [6.45, 7) is 0. The molecule has 1 atom stereocenters. The molecule has 0 aliphatic carbocycles. The highest BCUT2D eigenvalue weighted by molar-refractivity contribution is 8.01. The third-order valence-corrected chi connectivity index (χ3v) is 5.84. The molecule has 0 bridgehead atoms. The summed E-state index contributed by atoms with van der Waals surface area (Å²) in [5.74, 6) is 0.303. The van der Waals surface area contributed by atoms with E-state index in [1.165, 1.54) is 28.7 Å². The number of nitrogens with zero attached hydrogens (tertiary/aromatic N) is 2. The minimum Gasteiger partial charge on any atom is -0.363 e. The lowest BCUT2D eigenvalue weighted by molar-refractivity contribution is -0.119. The maximum atomic E-state index is 12.5. The molecule has 2 N–H and O–H groups in total. The van der Waals surface area contributed by atoms with Gasteiger partial charge in [-0.3, -0.25) is 4.79 Å². The predicted octanol–water partition coefficient (Wildman–Crippen LogP) is 3.77. The monoisotopic (exact) mass is 384 g/mol. The summed E-state index contributed by atoms with van der Waals surface area (Å²) in [5, 5.41) is 14.9. The van der Waals surface area contributed by atoms with E-state index < -0.39 is 0 Å². The number of hydrogen-bond donors (Lipinski definition) is 2. The molecule has 7 heteroatoms. The Labute approximate surface area is 161 Å². The summed E-state index contributed by atoms with van der Waals surface area (Å²) >= 11 is 2.84. The van der Waals surface area contributed by atoms with E-state index in [1.54, 1.807) is 7.05 Å². The SMILES string of the molecule is CNc1nnc(SCC(=O)N[C@H](Cc2ccccc2)c2ccccc2)s1. The van der Waals surface area contributed by atoms with Gasteiger partial charge in [0, 0.05) is 7.05 Å². The van der Waals surface area contributed by atoms with E-state index in [1.807, 2.05) is 48.5 Å². The second-order valence-corrected chi connectivity index (χ2v) is 7.83. The molecule has 0 radical (unpaired) electrons. The fraction of sp³-hybridized carbons (Fsp3) is 0.211. The molecule has 1 heterocycles. The molecule has 0 aliphatic rings. The average Bonchev–Trinajstić information content (AvgIpc) is 3.16. The van der Waals surface area contributed by atoms with Crippen molar-refractivity contribution in [2.75, 3.05) is 18.1 Å². The zero-order valence-corrected chi connectivity index (χ0v) is 16.0. The number of hydrogen-bond acceptors (Lipinski definition) is 6. The van der Waals surface area contributed by atoms with Gasteiger partial charge in [0.15, 0.2) is 4.34 Å². The summed E-state index contributed by atoms with van der Waals surface area (Å²) in [6.07, 6.45) is 0.754. The van der Waals surface area contributed by atoms with Gasteiger partial charge in [0.1, 0.15) is 0 Å². The molecule has 3 rings (SSSR count). The number of carbonyl (C=O) groups is 1. The van der Waals surface area contributed by atoms with Crippen LogP contribution in [0.1, 0.15) is 17.2 Å². The standard InChI is InChI=1S/C19H20N4OS2/c1-20-18-22-23-19(26-18)25-13-17(24)21-16(15-10-6-3-7-11-15)12-14-8-4-2-5-9-14/h2-11,16H,12-13H2,1H3,(H,20,22)(H,21,24)/t16-/m1/s1. The number of aromatic nitrogens is 2. The Kier molecular flexibility index (Phi) is 6.62. The molecule has 134 valence electrons. The molecule has 2 aromatic carbocycles. The number of thioether (sulfide) groups is 1. The topological polar surface area (TPSA) is 66.9 Å². The van der Waals surface area contributed by atoms with Gasteiger partial charge < -0.3 is 10.6 Å². The second kappa shape index (κ2) is 9.35. The normalized spacial score (nSPS) is 11.7. The average molecular weight is 385 g/mol. The fourth-order valence-electron chi connectivity index (χ4n) is 2.52. The van der Waals surface area contributed by atoms with Gasteiger partial charge in [-0.15, -0.1) is 10.2 Å². The van der Waals surface area contributed by atoms with Crippen LogP contribution in [0.25, 0.3) is 0 Å². The fourth-order valence-corrected chi connectivity index (χ4v) is 4.04. The quantitative estimate of drug-likeness (QED) is 0.579. The van der Waals surface area contributed by atoms with Crippen molar-refractivity contribution in [1.29, 1.82) is 0 Å². The first-order valence-corrected chi connectivity index (χ1v) is 10.1. The van der Waals surface area contributed by atoms with Crippen LogP contribution < -0.4 is 10.6 Å². The number of amides is 1. The minimum absolute atomic E-state index is 0.0130. The van der Waals surface area contributed by atoms with Crippen molar-refractivity contribution in [3.05, 3.63) is 71.8 Å². The molecule has 0 unspecified atom stereocenters. The molecule has 3 aromatic rings. The van der Waals surface area contributed by atoms with Crippen LogP contribution >= 0.6 is 23.1 Å². The lowest BCUT2D eigenvalue weighted by atomic mass is 9.99. The Hall–Kier alpha value is -2.38. The Balaban J connectivity index is 1.63. The molecule has 26 heavy (non-hydrogen) atoms. The third kappa shape index (κ3) is 5.31. The van der Waals surface area contributed by atoms with Crippen molar-refractivity contribution in [3.8, 4) is 0 Å². The van der Waals surface area contributed by atoms with Crippen LogP contribution in [0.3, 0.4) is 0 Å². The molecular formula is C19H20N4OS2. The number of nitrogens with one attached hydrogen (secondary N) is 2. The molecule has 5 nitrogen and oxygen atoms in total. The van der Waals surface area contributed by atoms with E-state index in [0.29, 0.717) is 5.75 Å². The summed E-state index contributed by atoms with van der Waals surface area (Å²) in [4.78, 5) is 12.5. The Morgan fingerprint density at radius 3 is 2.42 bits per heavy atom. The Morgan fingerprint density at radius 2 is 1.77 bits per heavy atom. The van der Waals surface area contributed by atoms with E-state index >= 15 is 0 Å². The van der Waals surface area contributed by atoms with Gasteiger partial charge in [0.05, 0.1) is 11.8 Å². The van der Waals surface area contributed by atoms with Gasteiger partial charge in [-0.2, -0.15) is 0 Å². The lowest BCUT2D eigenvalue weighted by Crippen LogP contribution is -2.31. The van der Waals surface area contributed by atoms with Crippen LogP contribution in [0.2, 0.25) is 0 Å². The summed E-state index contributed by atoms with van der Waals surface area (Å²) in [7, 11) is 1.80. The second-order valence-electron chi connectivity index (χ2n) is 5.63. The van der Waals surface area contributed by atoms with Crippen molar-refractivity contribution in [2.45, 2.75) is 16.8 Å². The molecule has 1 aromatic heterocycles. The van der Waals surface area contributed by atoms with E-state index in [4.69, 9.17) is 0 Å². The predicted molar refractivity (Wildman–Crippen MR) is 108 cm³/mol. The smallest absolute Gasteiger partial charge is 0.230 e. The van der Waals surface area contributed by atoms with Crippen LogP contribution in [-0.4, -0.2) is 28.9 Å². The largest absolute Gasteiger partial charge is 0.363 e. The van der Waals surface area contributed by atoms with Crippen molar-refractivity contribution in [2.24, 2.45) is 0 Å². The van der Waals surface area contributed by atoms with Gasteiger partial charge in [-0.1, -0.05) is 83.8 Å². The molecule has 0 aliphatic heterocycles. The zero-order chi connectivity index (χ0) is 18.2. The van der Waals surface area contributed by atoms with Gasteiger partial charge in [0.2, 0.25) is 11.0 Å². The van der Waals surface area contributed by atoms with Crippen LogP contribution in [-0.2, 0) is 11.2 Å². The van der Waals surface area contributed by atoms with Crippen molar-refractivity contribution in [3.63, 3.8) is 0 Å². The number of benzene rings is 2. The highest BCUT2D eigenvalue weighted by Gasteiger charge is 2.16. The maximum absolute atomic E-state index is 12.5. The Morgan fingerprint density at radius 1 is 1.08 bits per heavy atom. The van der Waals surface area contributed by atoms with E-state index in [2.05, 4.69) is 33.0 Å². The highest BCUT2D eigenvalue weighted by Crippen LogP contribution is 2.25. The molecule has 0 spiro atoms. The van der Waals surface area contributed by atoms with E-state index in [-0.39, 0.29) is 11.9 Å². The van der Waals surface area contributed by atoms with Crippen LogP contribution in [0.15, 0.2) is 65.0 Å². The van der Waals surface area contributed by atoms with Crippen LogP contribution in [0, 0.1) is 0 Å². The first kappa shape index (κ1) is 18.4. The Bertz CT molecular complexity index is 824. The lowest BCUT2D eigenvalue weighted by Gasteiger charge is -2.19.